The quantitative estimate of drug-likeness (QED) is 0.298. The van der Waals surface area contributed by atoms with Crippen molar-refractivity contribution in [1.82, 2.24) is 16.0 Å². The summed E-state index contributed by atoms with van der Waals surface area (Å²) in [5.41, 5.74) is 2.10. The van der Waals surface area contributed by atoms with Crippen molar-refractivity contribution in [2.75, 3.05) is 20.6 Å². The fraction of sp³-hybridized carbons (Fsp3) is 0.333. The Morgan fingerprint density at radius 1 is 1.17 bits per heavy atom. The van der Waals surface area contributed by atoms with Gasteiger partial charge in [-0.3, -0.25) is 9.79 Å². The van der Waals surface area contributed by atoms with Gasteiger partial charge in [0.25, 0.3) is 5.91 Å². The summed E-state index contributed by atoms with van der Waals surface area (Å²) in [7, 11) is 3.29. The van der Waals surface area contributed by atoms with Crippen LogP contribution in [-0.4, -0.2) is 32.5 Å². The Kier molecular flexibility index (Phi) is 9.85. The minimum absolute atomic E-state index is 0. The molecule has 0 radical (unpaired) electrons. The number of guanidine groups is 1. The third kappa shape index (κ3) is 7.15. The lowest BCUT2D eigenvalue weighted by molar-refractivity contribution is 0.0963. The van der Waals surface area contributed by atoms with Crippen LogP contribution in [-0.2, 0) is 12.0 Å². The maximum absolute atomic E-state index is 13.3. The van der Waals surface area contributed by atoms with Crippen LogP contribution in [0.2, 0.25) is 5.02 Å². The van der Waals surface area contributed by atoms with E-state index in [1.54, 1.807) is 26.2 Å². The summed E-state index contributed by atoms with van der Waals surface area (Å²) in [6, 6.07) is 11.8. The van der Waals surface area contributed by atoms with E-state index in [1.165, 1.54) is 12.1 Å². The van der Waals surface area contributed by atoms with E-state index < -0.39 is 0 Å². The Balaban J connectivity index is 0.00000420. The van der Waals surface area contributed by atoms with Crippen LogP contribution >= 0.6 is 35.6 Å². The number of halogens is 3. The molecule has 0 saturated heterocycles. The standard InChI is InChI=1S/C21H26ClFN4O.HI/c1-21(2,17-9-8-16(23)11-18(17)22)13-27-20(25-4)26-12-14-6-5-7-15(10-14)19(28)24-3;/h5-11H,12-13H2,1-4H3,(H,24,28)(H2,25,26,27);1H. The molecule has 5 nitrogen and oxygen atoms in total. The van der Waals surface area contributed by atoms with Crippen molar-refractivity contribution in [3.8, 4) is 0 Å². The predicted molar refractivity (Wildman–Crippen MR) is 128 cm³/mol. The Bertz CT molecular complexity index is 874. The molecule has 2 aromatic rings. The van der Waals surface area contributed by atoms with Crippen LogP contribution in [0, 0.1) is 5.82 Å². The van der Waals surface area contributed by atoms with Crippen molar-refractivity contribution in [2.24, 2.45) is 4.99 Å². The molecule has 1 amide bonds. The van der Waals surface area contributed by atoms with Crippen LogP contribution in [0.25, 0.3) is 0 Å². The van der Waals surface area contributed by atoms with Gasteiger partial charge < -0.3 is 16.0 Å². The minimum atomic E-state index is -0.353. The van der Waals surface area contributed by atoms with Crippen molar-refractivity contribution >= 4 is 47.4 Å². The van der Waals surface area contributed by atoms with Gasteiger partial charge in [0.15, 0.2) is 5.96 Å². The number of hydrogen-bond acceptors (Lipinski definition) is 2. The first-order chi connectivity index (χ1) is 13.3. The van der Waals surface area contributed by atoms with Crippen molar-refractivity contribution in [3.05, 3.63) is 70.0 Å². The molecule has 0 heterocycles. The molecule has 0 atom stereocenters. The molecule has 0 saturated carbocycles. The first kappa shape index (κ1) is 25.2. The molecule has 3 N–H and O–H groups in total. The zero-order valence-electron chi connectivity index (χ0n) is 17.0. The van der Waals surface area contributed by atoms with Gasteiger partial charge in [-0.1, -0.05) is 43.6 Å². The summed E-state index contributed by atoms with van der Waals surface area (Å²) in [5, 5.41) is 9.53. The molecule has 2 rings (SSSR count). The van der Waals surface area contributed by atoms with Crippen molar-refractivity contribution in [3.63, 3.8) is 0 Å². The average molecular weight is 533 g/mol. The number of benzene rings is 2. The summed E-state index contributed by atoms with van der Waals surface area (Å²) >= 11 is 6.21. The number of carbonyl (C=O) groups is 1. The van der Waals surface area contributed by atoms with Crippen LogP contribution in [0.4, 0.5) is 4.39 Å². The molecule has 29 heavy (non-hydrogen) atoms. The molecule has 0 aliphatic rings. The molecule has 0 fully saturated rings. The highest BCUT2D eigenvalue weighted by molar-refractivity contribution is 14.0. The molecule has 0 aliphatic carbocycles. The second-order valence-electron chi connectivity index (χ2n) is 7.07. The molecule has 0 spiro atoms. The second kappa shape index (κ2) is 11.3. The van der Waals surface area contributed by atoms with Crippen LogP contribution < -0.4 is 16.0 Å². The molecular formula is C21H27ClFIN4O. The predicted octanol–water partition coefficient (Wildman–Crippen LogP) is 4.10. The highest BCUT2D eigenvalue weighted by Crippen LogP contribution is 2.29. The lowest BCUT2D eigenvalue weighted by Crippen LogP contribution is -2.43. The van der Waals surface area contributed by atoms with E-state index in [9.17, 15) is 9.18 Å². The number of nitrogens with zero attached hydrogens (tertiary/aromatic N) is 1. The van der Waals surface area contributed by atoms with E-state index in [1.807, 2.05) is 32.0 Å². The number of amides is 1. The van der Waals surface area contributed by atoms with Crippen LogP contribution in [0.1, 0.15) is 35.3 Å². The molecule has 2 aromatic carbocycles. The normalized spacial score (nSPS) is 11.4. The number of hydrogen-bond donors (Lipinski definition) is 3. The Morgan fingerprint density at radius 3 is 2.52 bits per heavy atom. The minimum Gasteiger partial charge on any atom is -0.356 e. The van der Waals surface area contributed by atoms with E-state index in [2.05, 4.69) is 20.9 Å². The first-order valence-corrected chi connectivity index (χ1v) is 9.35. The summed E-state index contributed by atoms with van der Waals surface area (Å²) in [5.74, 6) is 0.146. The van der Waals surface area contributed by atoms with Crippen LogP contribution in [0.3, 0.4) is 0 Å². The van der Waals surface area contributed by atoms with E-state index >= 15 is 0 Å². The maximum atomic E-state index is 13.3. The smallest absolute Gasteiger partial charge is 0.251 e. The van der Waals surface area contributed by atoms with Gasteiger partial charge in [-0.2, -0.15) is 0 Å². The highest BCUT2D eigenvalue weighted by atomic mass is 127. The highest BCUT2D eigenvalue weighted by Gasteiger charge is 2.24. The van der Waals surface area contributed by atoms with Crippen LogP contribution in [0.15, 0.2) is 47.5 Å². The van der Waals surface area contributed by atoms with Gasteiger partial charge in [-0.25, -0.2) is 4.39 Å². The molecule has 0 aromatic heterocycles. The van der Waals surface area contributed by atoms with Gasteiger partial charge in [0, 0.05) is 43.2 Å². The average Bonchev–Trinajstić information content (AvgIpc) is 2.67. The monoisotopic (exact) mass is 532 g/mol. The third-order valence-electron chi connectivity index (χ3n) is 4.46. The molecule has 0 unspecified atom stereocenters. The summed E-state index contributed by atoms with van der Waals surface area (Å²) in [6.45, 7) is 5.12. The Morgan fingerprint density at radius 2 is 1.90 bits per heavy atom. The van der Waals surface area contributed by atoms with Crippen LogP contribution in [0.5, 0.6) is 0 Å². The number of nitrogens with one attached hydrogen (secondary N) is 3. The largest absolute Gasteiger partial charge is 0.356 e. The van der Waals surface area contributed by atoms with Crippen molar-refractivity contribution in [1.29, 1.82) is 0 Å². The van der Waals surface area contributed by atoms with Gasteiger partial charge in [-0.05, 0) is 35.4 Å². The molecule has 0 aliphatic heterocycles. The first-order valence-electron chi connectivity index (χ1n) is 8.98. The van der Waals surface area contributed by atoms with Gasteiger partial charge >= 0.3 is 0 Å². The van der Waals surface area contributed by atoms with Crippen molar-refractivity contribution in [2.45, 2.75) is 25.8 Å². The van der Waals surface area contributed by atoms with Gasteiger partial charge in [-0.15, -0.1) is 24.0 Å². The van der Waals surface area contributed by atoms with E-state index in [0.29, 0.717) is 29.6 Å². The topological polar surface area (TPSA) is 65.5 Å². The zero-order chi connectivity index (χ0) is 20.7. The zero-order valence-corrected chi connectivity index (χ0v) is 20.1. The summed E-state index contributed by atoms with van der Waals surface area (Å²) in [6.07, 6.45) is 0. The molecule has 158 valence electrons. The molecule has 0 bridgehead atoms. The van der Waals surface area contributed by atoms with Gasteiger partial charge in [0.1, 0.15) is 5.82 Å². The fourth-order valence-electron chi connectivity index (χ4n) is 2.81. The number of aliphatic imine (C=N–C) groups is 1. The van der Waals surface area contributed by atoms with E-state index in [4.69, 9.17) is 11.6 Å². The Hall–Kier alpha value is -1.87. The number of rotatable bonds is 6. The number of carbonyl (C=O) groups excluding carboxylic acids is 1. The molecular weight excluding hydrogens is 506 g/mol. The lowest BCUT2D eigenvalue weighted by Gasteiger charge is -2.27. The van der Waals surface area contributed by atoms with Crippen molar-refractivity contribution < 1.29 is 9.18 Å². The lowest BCUT2D eigenvalue weighted by atomic mass is 9.84. The van der Waals surface area contributed by atoms with Gasteiger partial charge in [0.2, 0.25) is 0 Å². The molecule has 8 heteroatoms. The SMILES string of the molecule is CN=C(NCc1cccc(C(=O)NC)c1)NCC(C)(C)c1ccc(F)cc1Cl.I. The third-order valence-corrected chi connectivity index (χ3v) is 4.77. The summed E-state index contributed by atoms with van der Waals surface area (Å²) in [4.78, 5) is 16.0. The van der Waals surface area contributed by atoms with E-state index in [-0.39, 0.29) is 41.1 Å². The van der Waals surface area contributed by atoms with E-state index in [0.717, 1.165) is 11.1 Å². The second-order valence-corrected chi connectivity index (χ2v) is 7.47. The summed E-state index contributed by atoms with van der Waals surface area (Å²) < 4.78 is 13.3. The fourth-order valence-corrected chi connectivity index (χ4v) is 3.23. The van der Waals surface area contributed by atoms with Gasteiger partial charge in [0.05, 0.1) is 0 Å². The Labute approximate surface area is 193 Å². The maximum Gasteiger partial charge on any atom is 0.251 e.